The number of amides is 1. The largest absolute Gasteiger partial charge is 0.338 e. The van der Waals surface area contributed by atoms with E-state index < -0.39 is 0 Å². The summed E-state index contributed by atoms with van der Waals surface area (Å²) in [4.78, 5) is 31.7. The van der Waals surface area contributed by atoms with Gasteiger partial charge in [-0.15, -0.1) is 0 Å². The molecule has 2 fully saturated rings. The topological polar surface area (TPSA) is 83.9 Å². The highest BCUT2D eigenvalue weighted by molar-refractivity contribution is 6.32. The van der Waals surface area contributed by atoms with E-state index >= 15 is 0 Å². The summed E-state index contributed by atoms with van der Waals surface area (Å²) in [5.74, 6) is 1.41. The Morgan fingerprint density at radius 2 is 1.85 bits per heavy atom. The van der Waals surface area contributed by atoms with Crippen molar-refractivity contribution in [2.24, 2.45) is 11.8 Å². The Morgan fingerprint density at radius 3 is 2.51 bits per heavy atom. The van der Waals surface area contributed by atoms with E-state index in [9.17, 15) is 9.59 Å². The van der Waals surface area contributed by atoms with Gasteiger partial charge in [0, 0.05) is 54.5 Å². The van der Waals surface area contributed by atoms with Crippen LogP contribution < -0.4 is 0 Å². The fourth-order valence-corrected chi connectivity index (χ4v) is 6.77. The van der Waals surface area contributed by atoms with Crippen molar-refractivity contribution >= 4 is 45.8 Å². The van der Waals surface area contributed by atoms with Crippen LogP contribution in [0.4, 0.5) is 0 Å². The molecule has 0 unspecified atom stereocenters. The summed E-state index contributed by atoms with van der Waals surface area (Å²) < 4.78 is 2.09. The van der Waals surface area contributed by atoms with E-state index in [2.05, 4.69) is 48.2 Å². The van der Waals surface area contributed by atoms with Crippen molar-refractivity contribution in [2.75, 3.05) is 13.1 Å². The smallest absolute Gasteiger partial charge is 0.245 e. The van der Waals surface area contributed by atoms with Gasteiger partial charge in [0.05, 0.1) is 5.52 Å². The quantitative estimate of drug-likeness (QED) is 0.233. The molecule has 0 bridgehead atoms. The van der Waals surface area contributed by atoms with Crippen LogP contribution in [-0.2, 0) is 29.6 Å². The summed E-state index contributed by atoms with van der Waals surface area (Å²) in [7, 11) is 0. The van der Waals surface area contributed by atoms with E-state index in [4.69, 9.17) is 28.2 Å². The number of aromatic amines is 1. The third kappa shape index (κ3) is 5.80. The number of fused-ring (bicyclic) bond motifs is 1. The molecule has 9 heteroatoms. The SMILES string of the molecule is C=CC(=O)N1CC(CC(=O)c2c(Cl)nc(CCc3[nH]nc4cc(Cl)c(C(C)(C)C)cc34)n2CC2CCCC2)C1. The van der Waals surface area contributed by atoms with E-state index in [1.165, 1.54) is 18.9 Å². The Balaban J connectivity index is 1.38. The molecule has 2 aliphatic rings. The number of nitrogens with zero attached hydrogens (tertiary/aromatic N) is 4. The first-order chi connectivity index (χ1) is 18.5. The van der Waals surface area contributed by atoms with Gasteiger partial charge in [-0.2, -0.15) is 5.10 Å². The fraction of sp³-hybridized carbons (Fsp3) is 0.533. The minimum atomic E-state index is -0.0893. The average molecular weight is 571 g/mol. The van der Waals surface area contributed by atoms with Gasteiger partial charge < -0.3 is 9.47 Å². The van der Waals surface area contributed by atoms with Crippen LogP contribution in [0.2, 0.25) is 10.2 Å². The Hall–Kier alpha value is -2.64. The highest BCUT2D eigenvalue weighted by atomic mass is 35.5. The first kappa shape index (κ1) is 27.9. The molecule has 0 radical (unpaired) electrons. The first-order valence-electron chi connectivity index (χ1n) is 13.9. The second-order valence-corrected chi connectivity index (χ2v) is 12.9. The predicted octanol–water partition coefficient (Wildman–Crippen LogP) is 6.56. The normalized spacial score (nSPS) is 16.7. The molecule has 208 valence electrons. The Kier molecular flexibility index (Phi) is 7.93. The van der Waals surface area contributed by atoms with E-state index in [-0.39, 0.29) is 28.2 Å². The maximum atomic E-state index is 13.5. The van der Waals surface area contributed by atoms with Gasteiger partial charge in [0.25, 0.3) is 0 Å². The van der Waals surface area contributed by atoms with Crippen LogP contribution >= 0.6 is 23.2 Å². The third-order valence-electron chi connectivity index (χ3n) is 8.23. The molecule has 1 aliphatic heterocycles. The lowest BCUT2D eigenvalue weighted by Gasteiger charge is -2.38. The van der Waals surface area contributed by atoms with Crippen molar-refractivity contribution in [1.29, 1.82) is 0 Å². The second kappa shape index (κ2) is 11.1. The van der Waals surface area contributed by atoms with Crippen LogP contribution in [0.1, 0.15) is 80.4 Å². The minimum absolute atomic E-state index is 0.00361. The van der Waals surface area contributed by atoms with E-state index in [1.807, 2.05) is 6.07 Å². The van der Waals surface area contributed by atoms with Gasteiger partial charge in [-0.05, 0) is 54.4 Å². The second-order valence-electron chi connectivity index (χ2n) is 12.2. The number of carbonyl (C=O) groups is 2. The number of benzene rings is 1. The summed E-state index contributed by atoms with van der Waals surface area (Å²) in [5, 5.41) is 9.76. The Morgan fingerprint density at radius 1 is 1.13 bits per heavy atom. The number of hydrogen-bond donors (Lipinski definition) is 1. The van der Waals surface area contributed by atoms with E-state index in [0.717, 1.165) is 52.4 Å². The molecular formula is C30H37Cl2N5O2. The van der Waals surface area contributed by atoms with Gasteiger partial charge in [0.1, 0.15) is 11.5 Å². The molecule has 0 atom stereocenters. The zero-order valence-corrected chi connectivity index (χ0v) is 24.5. The zero-order valence-electron chi connectivity index (χ0n) is 23.0. The molecule has 1 saturated heterocycles. The Labute approximate surface area is 239 Å². The van der Waals surface area contributed by atoms with Crippen LogP contribution in [0.5, 0.6) is 0 Å². The van der Waals surface area contributed by atoms with Gasteiger partial charge in [0.15, 0.2) is 10.9 Å². The van der Waals surface area contributed by atoms with Crippen LogP contribution in [0, 0.1) is 11.8 Å². The zero-order chi connectivity index (χ0) is 27.9. The van der Waals surface area contributed by atoms with Crippen LogP contribution in [-0.4, -0.2) is 49.4 Å². The highest BCUT2D eigenvalue weighted by Crippen LogP contribution is 2.34. The van der Waals surface area contributed by atoms with Crippen molar-refractivity contribution < 1.29 is 9.59 Å². The molecule has 1 N–H and O–H groups in total. The molecule has 3 heterocycles. The van der Waals surface area contributed by atoms with Crippen LogP contribution in [0.25, 0.3) is 10.9 Å². The number of halogens is 2. The number of aryl methyl sites for hydroxylation is 2. The number of hydrogen-bond acceptors (Lipinski definition) is 4. The minimum Gasteiger partial charge on any atom is -0.338 e. The maximum Gasteiger partial charge on any atom is 0.245 e. The molecule has 7 nitrogen and oxygen atoms in total. The van der Waals surface area contributed by atoms with E-state index in [1.54, 1.807) is 4.90 Å². The highest BCUT2D eigenvalue weighted by Gasteiger charge is 2.33. The molecule has 39 heavy (non-hydrogen) atoms. The lowest BCUT2D eigenvalue weighted by molar-refractivity contribution is -0.132. The van der Waals surface area contributed by atoms with Crippen LogP contribution in [0.3, 0.4) is 0 Å². The predicted molar refractivity (Wildman–Crippen MR) is 156 cm³/mol. The molecular weight excluding hydrogens is 533 g/mol. The molecule has 1 aromatic carbocycles. The molecule has 1 aliphatic carbocycles. The van der Waals surface area contributed by atoms with E-state index in [0.29, 0.717) is 44.0 Å². The van der Waals surface area contributed by atoms with Crippen molar-refractivity contribution in [2.45, 2.75) is 77.7 Å². The summed E-state index contributed by atoms with van der Waals surface area (Å²) in [6.07, 6.45) is 7.76. The average Bonchev–Trinajstić information content (AvgIpc) is 3.57. The van der Waals surface area contributed by atoms with Gasteiger partial charge in [-0.25, -0.2) is 4.98 Å². The van der Waals surface area contributed by atoms with Gasteiger partial charge in [0.2, 0.25) is 5.91 Å². The number of aromatic nitrogens is 4. The lowest BCUT2D eigenvalue weighted by atomic mass is 9.86. The summed E-state index contributed by atoms with van der Waals surface area (Å²) in [5.41, 5.74) is 3.38. The summed E-state index contributed by atoms with van der Waals surface area (Å²) in [6.45, 7) is 11.9. The maximum absolute atomic E-state index is 13.5. The number of likely N-dealkylation sites (tertiary alicyclic amines) is 1. The Bertz CT molecular complexity index is 1400. The molecule has 1 amide bonds. The van der Waals surface area contributed by atoms with Gasteiger partial charge in [-0.1, -0.05) is 63.4 Å². The monoisotopic (exact) mass is 569 g/mol. The number of carbonyl (C=O) groups excluding carboxylic acids is 2. The third-order valence-corrected chi connectivity index (χ3v) is 8.81. The number of H-pyrrole nitrogens is 1. The van der Waals surface area contributed by atoms with Gasteiger partial charge in [-0.3, -0.25) is 14.7 Å². The van der Waals surface area contributed by atoms with Crippen molar-refractivity contribution in [3.63, 3.8) is 0 Å². The number of rotatable bonds is 9. The number of nitrogens with one attached hydrogen (secondary N) is 1. The number of ketones is 1. The van der Waals surface area contributed by atoms with Crippen molar-refractivity contribution in [1.82, 2.24) is 24.6 Å². The molecule has 5 rings (SSSR count). The molecule has 2 aromatic heterocycles. The number of Topliss-reactive ketones (excluding diaryl/α,β-unsaturated/α-hetero) is 1. The van der Waals surface area contributed by atoms with Crippen LogP contribution in [0.15, 0.2) is 24.8 Å². The summed E-state index contributed by atoms with van der Waals surface area (Å²) >= 11 is 13.2. The molecule has 1 saturated carbocycles. The van der Waals surface area contributed by atoms with Crippen molar-refractivity contribution in [3.05, 3.63) is 57.7 Å². The van der Waals surface area contributed by atoms with Crippen molar-refractivity contribution in [3.8, 4) is 0 Å². The number of imidazole rings is 1. The first-order valence-corrected chi connectivity index (χ1v) is 14.7. The molecule has 3 aromatic rings. The molecule has 0 spiro atoms. The standard InChI is InChI=1S/C30H37Cl2N5O2/c1-5-27(39)36-15-19(16-36)12-25(38)28-29(32)33-26(37(28)17-18-8-6-7-9-18)11-10-23-20-13-21(30(2,3)4)22(31)14-24(20)35-34-23/h5,13-14,18-19H,1,6-12,15-17H2,2-4H3,(H,34,35). The van der Waals surface area contributed by atoms with Gasteiger partial charge >= 0.3 is 0 Å². The lowest BCUT2D eigenvalue weighted by Crippen LogP contribution is -2.50. The summed E-state index contributed by atoms with van der Waals surface area (Å²) in [6, 6.07) is 4.07. The fourth-order valence-electron chi connectivity index (χ4n) is 6.03.